The van der Waals surface area contributed by atoms with E-state index >= 15 is 0 Å². The Hall–Kier alpha value is 0.0700. The third-order valence-corrected chi connectivity index (χ3v) is 3.43. The average molecular weight is 283 g/mol. The highest BCUT2D eigenvalue weighted by Crippen LogP contribution is 2.31. The third-order valence-electron chi connectivity index (χ3n) is 3.02. The lowest BCUT2D eigenvalue weighted by Gasteiger charge is -2.43. The van der Waals surface area contributed by atoms with E-state index in [4.69, 9.17) is 18.4 Å². The van der Waals surface area contributed by atoms with Gasteiger partial charge in [-0.15, -0.1) is 4.33 Å². The largest absolute Gasteiger partial charge is 0.691 e. The van der Waals surface area contributed by atoms with Gasteiger partial charge in [-0.2, -0.15) is 0 Å². The van der Waals surface area contributed by atoms with Crippen LogP contribution in [0.25, 0.3) is 0 Å². The second-order valence-corrected chi connectivity index (χ2v) is 4.42. The molecule has 1 heterocycles. The fourth-order valence-electron chi connectivity index (χ4n) is 2.22. The highest BCUT2D eigenvalue weighted by atomic mass is 32.2. The quantitative estimate of drug-likeness (QED) is 0.287. The van der Waals surface area contributed by atoms with Gasteiger partial charge >= 0.3 is 0 Å². The number of ether oxygens (including phenoxy) is 3. The van der Waals surface area contributed by atoms with Crippen molar-refractivity contribution in [3.63, 3.8) is 0 Å². The second-order valence-electron chi connectivity index (χ2n) is 3.95. The minimum Gasteiger partial charge on any atom is -0.691 e. The summed E-state index contributed by atoms with van der Waals surface area (Å²) in [6.45, 7) is 3.90. The van der Waals surface area contributed by atoms with E-state index in [0.717, 1.165) is 6.42 Å². The Labute approximate surface area is 111 Å². The molecule has 2 unspecified atom stereocenters. The molecule has 1 fully saturated rings. The molecule has 1 aliphatic heterocycles. The van der Waals surface area contributed by atoms with Crippen molar-refractivity contribution < 1.29 is 33.0 Å². The first-order valence-corrected chi connectivity index (χ1v) is 6.35. The average Bonchev–Trinajstić information content (AvgIpc) is 2.38. The highest BCUT2D eigenvalue weighted by Gasteiger charge is 2.45. The number of rotatable bonds is 7. The molecule has 0 aromatic carbocycles. The summed E-state index contributed by atoms with van der Waals surface area (Å²) in [5, 5.41) is 13.0. The Kier molecular flexibility index (Phi) is 7.42. The molecular formula is C10H19O7S-. The summed E-state index contributed by atoms with van der Waals surface area (Å²) in [7, 11) is 3.14. The maximum absolute atomic E-state index is 9.75. The predicted molar refractivity (Wildman–Crippen MR) is 60.9 cm³/mol. The molecule has 0 aromatic heterocycles. The van der Waals surface area contributed by atoms with Crippen LogP contribution in [-0.4, -0.2) is 44.7 Å². The van der Waals surface area contributed by atoms with Crippen LogP contribution < -0.4 is 5.26 Å². The van der Waals surface area contributed by atoms with Crippen LogP contribution in [0.1, 0.15) is 20.3 Å². The maximum atomic E-state index is 9.75. The van der Waals surface area contributed by atoms with Gasteiger partial charge in [0, 0.05) is 14.2 Å². The summed E-state index contributed by atoms with van der Waals surface area (Å²) < 4.78 is 26.0. The van der Waals surface area contributed by atoms with E-state index in [9.17, 15) is 5.26 Å². The molecule has 0 aliphatic carbocycles. The van der Waals surface area contributed by atoms with Crippen molar-refractivity contribution in [1.29, 1.82) is 0 Å². The van der Waals surface area contributed by atoms with E-state index in [0.29, 0.717) is 12.3 Å². The van der Waals surface area contributed by atoms with Crippen LogP contribution in [0.5, 0.6) is 0 Å². The second kappa shape index (κ2) is 8.28. The molecule has 0 amide bonds. The molecule has 1 rings (SSSR count). The summed E-state index contributed by atoms with van der Waals surface area (Å²) >= 11 is 0.462. The molecule has 0 aromatic rings. The molecule has 5 atom stereocenters. The van der Waals surface area contributed by atoms with Gasteiger partial charge in [-0.25, -0.2) is 0 Å². The Morgan fingerprint density at radius 2 is 1.83 bits per heavy atom. The van der Waals surface area contributed by atoms with Gasteiger partial charge in [0.05, 0.1) is 12.2 Å². The molecule has 108 valence electrons. The molecule has 8 heteroatoms. The van der Waals surface area contributed by atoms with Crippen molar-refractivity contribution in [2.45, 2.75) is 50.8 Å². The van der Waals surface area contributed by atoms with E-state index in [1.54, 1.807) is 14.2 Å². The van der Waals surface area contributed by atoms with Crippen molar-refractivity contribution in [2.75, 3.05) is 14.2 Å². The van der Waals surface area contributed by atoms with Gasteiger partial charge < -0.3 is 19.5 Å². The van der Waals surface area contributed by atoms with E-state index in [2.05, 4.69) is 9.37 Å². The Morgan fingerprint density at radius 3 is 2.33 bits per heavy atom. The zero-order valence-electron chi connectivity index (χ0n) is 10.9. The molecule has 7 nitrogen and oxygen atoms in total. The third kappa shape index (κ3) is 3.78. The van der Waals surface area contributed by atoms with Gasteiger partial charge in [-0.05, 0) is 13.3 Å². The van der Waals surface area contributed by atoms with Crippen LogP contribution >= 0.6 is 12.3 Å². The molecular weight excluding hydrogens is 264 g/mol. The molecule has 0 spiro atoms. The van der Waals surface area contributed by atoms with Gasteiger partial charge in [-0.3, -0.25) is 9.22 Å². The van der Waals surface area contributed by atoms with Gasteiger partial charge in [0.15, 0.2) is 12.3 Å². The first-order valence-electron chi connectivity index (χ1n) is 5.69. The minimum absolute atomic E-state index is 0.102. The van der Waals surface area contributed by atoms with Crippen molar-refractivity contribution >= 4 is 12.3 Å². The highest BCUT2D eigenvalue weighted by molar-refractivity contribution is 7.89. The lowest BCUT2D eigenvalue weighted by molar-refractivity contribution is -0.777. The van der Waals surface area contributed by atoms with Crippen LogP contribution in [0, 0.1) is 0 Å². The van der Waals surface area contributed by atoms with Crippen LogP contribution in [0.3, 0.4) is 0 Å². The standard InChI is InChI=1S/C10H20O7S/c1-5-7-9(13-4)10(15-18-17-16-11)8(12-3)6(2)14-7/h6-11H,5H2,1-4H3/p-1/t6-,7-,8?,9-,10?/m1/s1. The smallest absolute Gasteiger partial charge is 0.194 e. The Balaban J connectivity index is 2.72. The van der Waals surface area contributed by atoms with Crippen molar-refractivity contribution in [2.24, 2.45) is 0 Å². The van der Waals surface area contributed by atoms with E-state index in [1.807, 2.05) is 13.8 Å². The summed E-state index contributed by atoms with van der Waals surface area (Å²) in [6.07, 6.45) is -0.517. The van der Waals surface area contributed by atoms with Crippen LogP contribution in [0.15, 0.2) is 0 Å². The Bertz CT molecular complexity index is 230. The van der Waals surface area contributed by atoms with Gasteiger partial charge in [0.2, 0.25) is 0 Å². The zero-order valence-corrected chi connectivity index (χ0v) is 11.7. The number of hydrogen-bond acceptors (Lipinski definition) is 8. The van der Waals surface area contributed by atoms with Crippen LogP contribution in [0.2, 0.25) is 0 Å². The first-order chi connectivity index (χ1) is 8.69. The molecule has 0 saturated carbocycles. The van der Waals surface area contributed by atoms with Gasteiger partial charge in [-0.1, -0.05) is 6.92 Å². The van der Waals surface area contributed by atoms with E-state index < -0.39 is 6.10 Å². The van der Waals surface area contributed by atoms with E-state index in [-0.39, 0.29) is 24.4 Å². The van der Waals surface area contributed by atoms with Gasteiger partial charge in [0.1, 0.15) is 18.3 Å². The maximum Gasteiger partial charge on any atom is 0.194 e. The van der Waals surface area contributed by atoms with Crippen LogP contribution in [0.4, 0.5) is 0 Å². The molecule has 0 radical (unpaired) electrons. The van der Waals surface area contributed by atoms with Crippen LogP contribution in [-0.2, 0) is 27.8 Å². The Morgan fingerprint density at radius 1 is 1.17 bits per heavy atom. The van der Waals surface area contributed by atoms with Crippen molar-refractivity contribution in [3.05, 3.63) is 0 Å². The summed E-state index contributed by atoms with van der Waals surface area (Å²) in [6, 6.07) is 0. The molecule has 0 N–H and O–H groups in total. The number of hydrogen-bond donors (Lipinski definition) is 0. The lowest BCUT2D eigenvalue weighted by Crippen LogP contribution is -2.58. The SMILES string of the molecule is CC[C@H]1O[C@H](C)C(OC)C(OSOO[O-])[C@@H]1OC. The van der Waals surface area contributed by atoms with Crippen molar-refractivity contribution in [1.82, 2.24) is 0 Å². The molecule has 1 aliphatic rings. The zero-order chi connectivity index (χ0) is 13.5. The number of methoxy groups -OCH3 is 2. The lowest BCUT2D eigenvalue weighted by atomic mass is 9.94. The fourth-order valence-corrected chi connectivity index (χ4v) is 2.58. The molecule has 1 saturated heterocycles. The first kappa shape index (κ1) is 16.1. The predicted octanol–water partition coefficient (Wildman–Crippen LogP) is 0.386. The molecule has 18 heavy (non-hydrogen) atoms. The minimum atomic E-state index is -0.422. The fraction of sp³-hybridized carbons (Fsp3) is 1.00. The normalized spacial score (nSPS) is 36.8. The summed E-state index contributed by atoms with van der Waals surface area (Å²) in [5.41, 5.74) is 0. The van der Waals surface area contributed by atoms with E-state index in [1.165, 1.54) is 0 Å². The summed E-state index contributed by atoms with van der Waals surface area (Å²) in [5.74, 6) is 0. The summed E-state index contributed by atoms with van der Waals surface area (Å²) in [4.78, 5) is 0. The van der Waals surface area contributed by atoms with Crippen molar-refractivity contribution in [3.8, 4) is 0 Å². The monoisotopic (exact) mass is 283 g/mol. The van der Waals surface area contributed by atoms with Gasteiger partial charge in [0.25, 0.3) is 0 Å². The molecule has 0 bridgehead atoms. The topological polar surface area (TPSA) is 78.4 Å².